The molecule has 0 radical (unpaired) electrons. The number of hydrogen-bond donors (Lipinski definition) is 1. The van der Waals surface area contributed by atoms with E-state index in [1.807, 2.05) is 25.1 Å². The van der Waals surface area contributed by atoms with Crippen LogP contribution in [0.15, 0.2) is 18.2 Å². The van der Waals surface area contributed by atoms with Crippen LogP contribution in [0.5, 0.6) is 5.75 Å². The van der Waals surface area contributed by atoms with Crippen LogP contribution in [0.25, 0.3) is 0 Å². The Morgan fingerprint density at radius 2 is 2.16 bits per heavy atom. The van der Waals surface area contributed by atoms with E-state index < -0.39 is 0 Å². The van der Waals surface area contributed by atoms with Gasteiger partial charge in [0.15, 0.2) is 0 Å². The lowest BCUT2D eigenvalue weighted by Gasteiger charge is -2.32. The largest absolute Gasteiger partial charge is 0.491 e. The van der Waals surface area contributed by atoms with Crippen molar-refractivity contribution in [2.45, 2.75) is 32.8 Å². The Morgan fingerprint density at radius 3 is 2.79 bits per heavy atom. The van der Waals surface area contributed by atoms with Gasteiger partial charge in [-0.25, -0.2) is 0 Å². The smallest absolute Gasteiger partial charge is 0.211 e. The normalized spacial score (nSPS) is 21.6. The van der Waals surface area contributed by atoms with Gasteiger partial charge in [-0.1, -0.05) is 6.92 Å². The number of rotatable bonds is 7. The summed E-state index contributed by atoms with van der Waals surface area (Å²) >= 11 is 0. The number of carbonyl (C=O) groups is 1. The maximum absolute atomic E-state index is 10.4. The molecule has 0 unspecified atom stereocenters. The van der Waals surface area contributed by atoms with E-state index in [1.165, 1.54) is 12.8 Å². The van der Waals surface area contributed by atoms with E-state index in [0.717, 1.165) is 22.9 Å². The molecule has 1 N–H and O–H groups in total. The van der Waals surface area contributed by atoms with Gasteiger partial charge in [0.25, 0.3) is 0 Å². The molecule has 4 nitrogen and oxygen atoms in total. The second-order valence-corrected chi connectivity index (χ2v) is 5.16. The molecule has 2 rings (SSSR count). The third kappa shape index (κ3) is 3.96. The van der Waals surface area contributed by atoms with Gasteiger partial charge in [0.2, 0.25) is 6.41 Å². The minimum absolute atomic E-state index is 0.430. The Morgan fingerprint density at radius 1 is 1.37 bits per heavy atom. The highest BCUT2D eigenvalue weighted by molar-refractivity contribution is 5.73. The van der Waals surface area contributed by atoms with Crippen LogP contribution in [0, 0.1) is 12.8 Å². The molecule has 1 aliphatic rings. The van der Waals surface area contributed by atoms with Crippen LogP contribution in [0.3, 0.4) is 0 Å². The first-order chi connectivity index (χ1) is 9.19. The topological polar surface area (TPSA) is 47.6 Å². The zero-order valence-corrected chi connectivity index (χ0v) is 11.5. The molecule has 0 aromatic heterocycles. The van der Waals surface area contributed by atoms with E-state index in [-0.39, 0.29) is 0 Å². The van der Waals surface area contributed by atoms with Crippen molar-refractivity contribution in [2.24, 2.45) is 5.92 Å². The maximum Gasteiger partial charge on any atom is 0.211 e. The molecule has 19 heavy (non-hydrogen) atoms. The summed E-state index contributed by atoms with van der Waals surface area (Å²) in [4.78, 5) is 10.4. The Kier molecular flexibility index (Phi) is 4.80. The fourth-order valence-corrected chi connectivity index (χ4v) is 2.29. The molecular formula is C15H21NO3. The molecule has 4 heteroatoms. The zero-order valence-electron chi connectivity index (χ0n) is 11.5. The molecule has 1 fully saturated rings. The van der Waals surface area contributed by atoms with Crippen molar-refractivity contribution in [3.8, 4) is 5.75 Å². The van der Waals surface area contributed by atoms with E-state index >= 15 is 0 Å². The highest BCUT2D eigenvalue weighted by atomic mass is 16.5. The Bertz CT molecular complexity index is 427. The number of amides is 1. The van der Waals surface area contributed by atoms with Gasteiger partial charge in [0.05, 0.1) is 12.7 Å². The third-order valence-corrected chi connectivity index (χ3v) is 3.45. The monoisotopic (exact) mass is 263 g/mol. The molecule has 0 aliphatic heterocycles. The second-order valence-electron chi connectivity index (χ2n) is 5.16. The van der Waals surface area contributed by atoms with Crippen molar-refractivity contribution in [3.63, 3.8) is 0 Å². The van der Waals surface area contributed by atoms with Crippen LogP contribution < -0.4 is 10.1 Å². The average molecular weight is 263 g/mol. The van der Waals surface area contributed by atoms with Crippen molar-refractivity contribution in [1.29, 1.82) is 0 Å². The van der Waals surface area contributed by atoms with Crippen LogP contribution in [0.2, 0.25) is 0 Å². The Balaban J connectivity index is 1.70. The van der Waals surface area contributed by atoms with Crippen LogP contribution in [0.1, 0.15) is 25.3 Å². The lowest BCUT2D eigenvalue weighted by Crippen LogP contribution is -2.30. The van der Waals surface area contributed by atoms with E-state index in [1.54, 1.807) is 0 Å². The summed E-state index contributed by atoms with van der Waals surface area (Å²) in [5, 5.41) is 2.64. The molecule has 0 saturated heterocycles. The summed E-state index contributed by atoms with van der Waals surface area (Å²) in [5.74, 6) is 1.62. The summed E-state index contributed by atoms with van der Waals surface area (Å²) in [6, 6.07) is 5.61. The predicted octanol–water partition coefficient (Wildman–Crippen LogP) is 2.76. The number of aryl methyl sites for hydroxylation is 1. The molecule has 0 heterocycles. The van der Waals surface area contributed by atoms with Crippen molar-refractivity contribution >= 4 is 12.1 Å². The SMILES string of the molecule is Cc1cc(OCCOC2CC(C)C2)ccc1NC=O. The summed E-state index contributed by atoms with van der Waals surface area (Å²) in [7, 11) is 0. The Labute approximate surface area is 114 Å². The van der Waals surface area contributed by atoms with Crippen LogP contribution >= 0.6 is 0 Å². The molecule has 1 aliphatic carbocycles. The third-order valence-electron chi connectivity index (χ3n) is 3.45. The zero-order chi connectivity index (χ0) is 13.7. The fraction of sp³-hybridized carbons (Fsp3) is 0.533. The molecule has 0 atom stereocenters. The standard InChI is InChI=1S/C15H21NO3/c1-11-7-14(8-11)19-6-5-18-13-3-4-15(16-10-17)12(2)9-13/h3-4,9-11,14H,5-8H2,1-2H3,(H,16,17). The minimum Gasteiger partial charge on any atom is -0.491 e. The van der Waals surface area contributed by atoms with E-state index in [9.17, 15) is 4.79 Å². The van der Waals surface area contributed by atoms with Crippen LogP contribution in [-0.2, 0) is 9.53 Å². The molecule has 0 bridgehead atoms. The van der Waals surface area contributed by atoms with E-state index in [4.69, 9.17) is 9.47 Å². The van der Waals surface area contributed by atoms with Gasteiger partial charge in [-0.3, -0.25) is 4.79 Å². The van der Waals surface area contributed by atoms with Crippen molar-refractivity contribution < 1.29 is 14.3 Å². The van der Waals surface area contributed by atoms with Crippen molar-refractivity contribution in [3.05, 3.63) is 23.8 Å². The van der Waals surface area contributed by atoms with Gasteiger partial charge >= 0.3 is 0 Å². The average Bonchev–Trinajstić information content (AvgIpc) is 2.35. The molecule has 1 aromatic rings. The maximum atomic E-state index is 10.4. The molecule has 104 valence electrons. The first kappa shape index (κ1) is 13.9. The predicted molar refractivity (Wildman–Crippen MR) is 74.5 cm³/mol. The molecule has 1 aromatic carbocycles. The van der Waals surface area contributed by atoms with Gasteiger partial charge in [-0.2, -0.15) is 0 Å². The number of ether oxygens (including phenoxy) is 2. The van der Waals surface area contributed by atoms with Crippen LogP contribution in [-0.4, -0.2) is 25.7 Å². The van der Waals surface area contributed by atoms with Gasteiger partial charge in [0.1, 0.15) is 12.4 Å². The number of nitrogens with one attached hydrogen (secondary N) is 1. The van der Waals surface area contributed by atoms with Crippen LogP contribution in [0.4, 0.5) is 5.69 Å². The summed E-state index contributed by atoms with van der Waals surface area (Å²) in [6.45, 7) is 5.37. The van der Waals surface area contributed by atoms with Crippen molar-refractivity contribution in [1.82, 2.24) is 0 Å². The van der Waals surface area contributed by atoms with Gasteiger partial charge in [0, 0.05) is 5.69 Å². The second kappa shape index (κ2) is 6.57. The minimum atomic E-state index is 0.430. The number of hydrogen-bond acceptors (Lipinski definition) is 3. The van der Waals surface area contributed by atoms with Gasteiger partial charge in [-0.05, 0) is 49.4 Å². The van der Waals surface area contributed by atoms with Gasteiger partial charge < -0.3 is 14.8 Å². The molecule has 0 spiro atoms. The number of anilines is 1. The highest BCUT2D eigenvalue weighted by Crippen LogP contribution is 2.29. The summed E-state index contributed by atoms with van der Waals surface area (Å²) in [6.07, 6.45) is 3.45. The van der Waals surface area contributed by atoms with E-state index in [2.05, 4.69) is 12.2 Å². The van der Waals surface area contributed by atoms with E-state index in [0.29, 0.717) is 25.7 Å². The first-order valence-corrected chi connectivity index (χ1v) is 6.74. The lowest BCUT2D eigenvalue weighted by atomic mass is 9.84. The first-order valence-electron chi connectivity index (χ1n) is 6.74. The number of carbonyl (C=O) groups excluding carboxylic acids is 1. The van der Waals surface area contributed by atoms with Gasteiger partial charge in [-0.15, -0.1) is 0 Å². The molecular weight excluding hydrogens is 242 g/mol. The fourth-order valence-electron chi connectivity index (χ4n) is 2.29. The lowest BCUT2D eigenvalue weighted by molar-refractivity contribution is -0.105. The summed E-state index contributed by atoms with van der Waals surface area (Å²) < 4.78 is 11.3. The molecule has 1 saturated carbocycles. The number of benzene rings is 1. The Hall–Kier alpha value is -1.55. The molecule has 1 amide bonds. The van der Waals surface area contributed by atoms with Crippen molar-refractivity contribution in [2.75, 3.05) is 18.5 Å². The quantitative estimate of drug-likeness (QED) is 0.608. The highest BCUT2D eigenvalue weighted by Gasteiger charge is 2.25. The summed E-state index contributed by atoms with van der Waals surface area (Å²) in [5.41, 5.74) is 1.79.